The quantitative estimate of drug-likeness (QED) is 0.790. The third-order valence-electron chi connectivity index (χ3n) is 3.48. The topological polar surface area (TPSA) is 59.6 Å². The fourth-order valence-corrected chi connectivity index (χ4v) is 2.40. The molecule has 6 heteroatoms. The van der Waals surface area contributed by atoms with Gasteiger partial charge in [-0.3, -0.25) is 4.79 Å². The Labute approximate surface area is 146 Å². The predicted octanol–water partition coefficient (Wildman–Crippen LogP) is 4.11. The molecule has 1 amide bonds. The van der Waals surface area contributed by atoms with Crippen LogP contribution in [0, 0.1) is 6.92 Å². The molecule has 24 heavy (non-hydrogen) atoms. The van der Waals surface area contributed by atoms with Crippen molar-refractivity contribution in [2.75, 3.05) is 31.4 Å². The SMILES string of the molecule is COc1cc(NCCC(=O)Nc2ccc(C)cc2)c(OC)cc1Cl. The van der Waals surface area contributed by atoms with Gasteiger partial charge in [-0.05, 0) is 19.1 Å². The van der Waals surface area contributed by atoms with Gasteiger partial charge in [-0.1, -0.05) is 29.3 Å². The van der Waals surface area contributed by atoms with Gasteiger partial charge in [-0.25, -0.2) is 0 Å². The lowest BCUT2D eigenvalue weighted by Gasteiger charge is -2.14. The summed E-state index contributed by atoms with van der Waals surface area (Å²) in [6.07, 6.45) is 0.321. The summed E-state index contributed by atoms with van der Waals surface area (Å²) in [6, 6.07) is 11.1. The van der Waals surface area contributed by atoms with E-state index in [2.05, 4.69) is 10.6 Å². The highest BCUT2D eigenvalue weighted by atomic mass is 35.5. The van der Waals surface area contributed by atoms with Crippen molar-refractivity contribution in [1.29, 1.82) is 0 Å². The van der Waals surface area contributed by atoms with E-state index in [1.165, 1.54) is 0 Å². The summed E-state index contributed by atoms with van der Waals surface area (Å²) < 4.78 is 10.5. The Morgan fingerprint density at radius 3 is 2.38 bits per heavy atom. The van der Waals surface area contributed by atoms with E-state index in [-0.39, 0.29) is 5.91 Å². The molecule has 0 saturated carbocycles. The van der Waals surface area contributed by atoms with Gasteiger partial charge < -0.3 is 20.1 Å². The Balaban J connectivity index is 1.91. The first kappa shape index (κ1) is 17.9. The second-order valence-electron chi connectivity index (χ2n) is 5.28. The molecule has 5 nitrogen and oxygen atoms in total. The molecule has 2 aromatic carbocycles. The van der Waals surface area contributed by atoms with Gasteiger partial charge >= 0.3 is 0 Å². The zero-order valence-corrected chi connectivity index (χ0v) is 14.7. The number of methoxy groups -OCH3 is 2. The number of hydrogen-bond acceptors (Lipinski definition) is 4. The van der Waals surface area contributed by atoms with Gasteiger partial charge in [-0.2, -0.15) is 0 Å². The number of nitrogens with one attached hydrogen (secondary N) is 2. The number of amides is 1. The third kappa shape index (κ3) is 4.80. The maximum absolute atomic E-state index is 12.0. The van der Waals surface area contributed by atoms with Crippen molar-refractivity contribution in [3.63, 3.8) is 0 Å². The number of aryl methyl sites for hydroxylation is 1. The normalized spacial score (nSPS) is 10.2. The van der Waals surface area contributed by atoms with Crippen molar-refractivity contribution >= 4 is 28.9 Å². The predicted molar refractivity (Wildman–Crippen MR) is 97.5 cm³/mol. The highest BCUT2D eigenvalue weighted by molar-refractivity contribution is 6.32. The Morgan fingerprint density at radius 2 is 1.75 bits per heavy atom. The first-order chi connectivity index (χ1) is 11.5. The summed E-state index contributed by atoms with van der Waals surface area (Å²) >= 11 is 6.07. The molecule has 2 aromatic rings. The maximum atomic E-state index is 12.0. The fraction of sp³-hybridized carbons (Fsp3) is 0.278. The van der Waals surface area contributed by atoms with E-state index in [1.807, 2.05) is 31.2 Å². The lowest BCUT2D eigenvalue weighted by Crippen LogP contribution is -2.16. The van der Waals surface area contributed by atoms with Crippen LogP contribution >= 0.6 is 11.6 Å². The summed E-state index contributed by atoms with van der Waals surface area (Å²) in [6.45, 7) is 2.46. The molecule has 0 unspecified atom stereocenters. The molecule has 0 saturated heterocycles. The molecule has 2 rings (SSSR count). The largest absolute Gasteiger partial charge is 0.495 e. The minimum atomic E-state index is -0.0637. The summed E-state index contributed by atoms with van der Waals surface area (Å²) in [4.78, 5) is 12.0. The van der Waals surface area contributed by atoms with Gasteiger partial charge in [0.15, 0.2) is 0 Å². The number of carbonyl (C=O) groups excluding carboxylic acids is 1. The maximum Gasteiger partial charge on any atom is 0.226 e. The fourth-order valence-electron chi connectivity index (χ4n) is 2.17. The van der Waals surface area contributed by atoms with Crippen LogP contribution in [-0.2, 0) is 4.79 Å². The molecule has 2 N–H and O–H groups in total. The number of anilines is 2. The van der Waals surface area contributed by atoms with Gasteiger partial charge in [0.25, 0.3) is 0 Å². The molecule has 0 heterocycles. The summed E-state index contributed by atoms with van der Waals surface area (Å²) in [7, 11) is 3.11. The molecule has 128 valence electrons. The van der Waals surface area contributed by atoms with E-state index in [4.69, 9.17) is 21.1 Å². The van der Waals surface area contributed by atoms with Crippen LogP contribution in [0.25, 0.3) is 0 Å². The summed E-state index contributed by atoms with van der Waals surface area (Å²) in [5.41, 5.74) is 2.66. The number of carbonyl (C=O) groups is 1. The van der Waals surface area contributed by atoms with Crippen molar-refractivity contribution in [3.05, 3.63) is 47.0 Å². The zero-order chi connectivity index (χ0) is 17.5. The van der Waals surface area contributed by atoms with E-state index < -0.39 is 0 Å². The van der Waals surface area contributed by atoms with Crippen LogP contribution in [-0.4, -0.2) is 26.7 Å². The van der Waals surface area contributed by atoms with Crippen molar-refractivity contribution in [1.82, 2.24) is 0 Å². The smallest absolute Gasteiger partial charge is 0.226 e. The molecule has 0 atom stereocenters. The first-order valence-corrected chi connectivity index (χ1v) is 7.93. The Kier molecular flexibility index (Phi) is 6.32. The molecule has 0 bridgehead atoms. The average molecular weight is 349 g/mol. The number of halogens is 1. The van der Waals surface area contributed by atoms with E-state index in [0.29, 0.717) is 29.5 Å². The monoisotopic (exact) mass is 348 g/mol. The van der Waals surface area contributed by atoms with Crippen LogP contribution in [0.2, 0.25) is 5.02 Å². The second-order valence-corrected chi connectivity index (χ2v) is 5.69. The van der Waals surface area contributed by atoms with Crippen molar-refractivity contribution in [3.8, 4) is 11.5 Å². The molecular formula is C18H21ClN2O3. The molecule has 0 aliphatic rings. The molecule has 0 aliphatic heterocycles. The molecule has 0 aromatic heterocycles. The molecule has 0 radical (unpaired) electrons. The highest BCUT2D eigenvalue weighted by Crippen LogP contribution is 2.35. The molecule has 0 aliphatic carbocycles. The van der Waals surface area contributed by atoms with E-state index in [0.717, 1.165) is 16.9 Å². The van der Waals surface area contributed by atoms with E-state index in [9.17, 15) is 4.79 Å². The summed E-state index contributed by atoms with van der Waals surface area (Å²) in [5, 5.41) is 6.50. The Morgan fingerprint density at radius 1 is 1.08 bits per heavy atom. The Hall–Kier alpha value is -2.40. The standard InChI is InChI=1S/C18H21ClN2O3/c1-12-4-6-13(7-5-12)21-18(22)8-9-20-15-11-16(23-2)14(19)10-17(15)24-3/h4-7,10-11,20H,8-9H2,1-3H3,(H,21,22). The molecule has 0 spiro atoms. The molecule has 0 fully saturated rings. The number of rotatable bonds is 7. The lowest BCUT2D eigenvalue weighted by molar-refractivity contribution is -0.115. The van der Waals surface area contributed by atoms with Crippen LogP contribution in [0.15, 0.2) is 36.4 Å². The minimum absolute atomic E-state index is 0.0637. The van der Waals surface area contributed by atoms with Gasteiger partial charge in [0.05, 0.1) is 24.9 Å². The number of hydrogen-bond donors (Lipinski definition) is 2. The van der Waals surface area contributed by atoms with E-state index in [1.54, 1.807) is 26.4 Å². The van der Waals surface area contributed by atoms with Gasteiger partial charge in [0.1, 0.15) is 11.5 Å². The van der Waals surface area contributed by atoms with Gasteiger partial charge in [0.2, 0.25) is 5.91 Å². The zero-order valence-electron chi connectivity index (χ0n) is 14.0. The first-order valence-electron chi connectivity index (χ1n) is 7.55. The highest BCUT2D eigenvalue weighted by Gasteiger charge is 2.10. The van der Waals surface area contributed by atoms with Crippen LogP contribution in [0.1, 0.15) is 12.0 Å². The average Bonchev–Trinajstić information content (AvgIpc) is 2.57. The molecular weight excluding hydrogens is 328 g/mol. The second kappa shape index (κ2) is 8.45. The number of benzene rings is 2. The third-order valence-corrected chi connectivity index (χ3v) is 3.77. The van der Waals surface area contributed by atoms with Crippen LogP contribution in [0.5, 0.6) is 11.5 Å². The summed E-state index contributed by atoms with van der Waals surface area (Å²) in [5.74, 6) is 1.08. The van der Waals surface area contributed by atoms with Crippen LogP contribution < -0.4 is 20.1 Å². The van der Waals surface area contributed by atoms with Crippen LogP contribution in [0.3, 0.4) is 0 Å². The van der Waals surface area contributed by atoms with Crippen LogP contribution in [0.4, 0.5) is 11.4 Å². The van der Waals surface area contributed by atoms with Crippen molar-refractivity contribution in [2.45, 2.75) is 13.3 Å². The van der Waals surface area contributed by atoms with Gasteiger partial charge in [0, 0.05) is 30.8 Å². The van der Waals surface area contributed by atoms with Crippen molar-refractivity contribution in [2.24, 2.45) is 0 Å². The van der Waals surface area contributed by atoms with Gasteiger partial charge in [-0.15, -0.1) is 0 Å². The minimum Gasteiger partial charge on any atom is -0.495 e. The lowest BCUT2D eigenvalue weighted by atomic mass is 10.2. The number of ether oxygens (including phenoxy) is 2. The Bertz CT molecular complexity index is 702. The van der Waals surface area contributed by atoms with E-state index >= 15 is 0 Å². The van der Waals surface area contributed by atoms with Crippen molar-refractivity contribution < 1.29 is 14.3 Å².